The third kappa shape index (κ3) is 2.56. The predicted octanol–water partition coefficient (Wildman–Crippen LogP) is 2.39. The van der Waals surface area contributed by atoms with Crippen molar-refractivity contribution in [3.05, 3.63) is 36.1 Å². The second-order valence-corrected chi connectivity index (χ2v) is 5.60. The van der Waals surface area contributed by atoms with Gasteiger partial charge < -0.3 is 15.5 Å². The molecule has 0 saturated heterocycles. The fourth-order valence-corrected chi connectivity index (χ4v) is 2.52. The number of carbonyl (C=O) groups is 1. The summed E-state index contributed by atoms with van der Waals surface area (Å²) >= 11 is 0. The third-order valence-electron chi connectivity index (χ3n) is 4.04. The molecular weight excluding hydrogens is 252 g/mol. The molecule has 3 rings (SSSR count). The summed E-state index contributed by atoms with van der Waals surface area (Å²) in [5.74, 6) is 0.962. The van der Waals surface area contributed by atoms with Gasteiger partial charge in [-0.1, -0.05) is 18.2 Å². The number of furan rings is 1. The van der Waals surface area contributed by atoms with Gasteiger partial charge in [-0.2, -0.15) is 0 Å². The van der Waals surface area contributed by atoms with Gasteiger partial charge in [-0.15, -0.1) is 0 Å². The van der Waals surface area contributed by atoms with Crippen molar-refractivity contribution in [3.63, 3.8) is 0 Å². The van der Waals surface area contributed by atoms with Crippen molar-refractivity contribution in [1.29, 1.82) is 0 Å². The van der Waals surface area contributed by atoms with Crippen LogP contribution in [0.1, 0.15) is 31.4 Å². The first-order chi connectivity index (χ1) is 9.69. The molecule has 4 nitrogen and oxygen atoms in total. The summed E-state index contributed by atoms with van der Waals surface area (Å²) in [6.07, 6.45) is 2.34. The number of para-hydroxylation sites is 1. The summed E-state index contributed by atoms with van der Waals surface area (Å²) in [5.41, 5.74) is 6.54. The van der Waals surface area contributed by atoms with Crippen LogP contribution in [0.4, 0.5) is 0 Å². The lowest BCUT2D eigenvalue weighted by Gasteiger charge is -2.18. The van der Waals surface area contributed by atoms with Crippen LogP contribution in [-0.4, -0.2) is 18.5 Å². The first-order valence-electron chi connectivity index (χ1n) is 7.18. The molecule has 1 aromatic heterocycles. The molecule has 1 aliphatic carbocycles. The van der Waals surface area contributed by atoms with E-state index in [1.807, 2.05) is 37.3 Å². The highest BCUT2D eigenvalue weighted by Gasteiger charge is 2.32. The predicted molar refractivity (Wildman–Crippen MR) is 78.3 cm³/mol. The zero-order valence-corrected chi connectivity index (χ0v) is 11.6. The highest BCUT2D eigenvalue weighted by Crippen LogP contribution is 2.32. The minimum atomic E-state index is -0.296. The van der Waals surface area contributed by atoms with E-state index < -0.39 is 0 Å². The summed E-state index contributed by atoms with van der Waals surface area (Å²) in [5, 5.41) is 4.07. The van der Waals surface area contributed by atoms with Crippen LogP contribution in [-0.2, 0) is 4.79 Å². The van der Waals surface area contributed by atoms with E-state index in [-0.39, 0.29) is 17.9 Å². The van der Waals surface area contributed by atoms with Crippen LogP contribution in [0.15, 0.2) is 34.7 Å². The number of benzene rings is 1. The molecule has 0 aliphatic heterocycles. The van der Waals surface area contributed by atoms with Gasteiger partial charge in [-0.3, -0.25) is 4.79 Å². The van der Waals surface area contributed by atoms with Crippen LogP contribution in [0.25, 0.3) is 11.0 Å². The van der Waals surface area contributed by atoms with E-state index in [1.165, 1.54) is 12.8 Å². The van der Waals surface area contributed by atoms with Crippen molar-refractivity contribution in [2.75, 3.05) is 6.54 Å². The maximum Gasteiger partial charge on any atom is 0.230 e. The second kappa shape index (κ2) is 5.29. The van der Waals surface area contributed by atoms with Gasteiger partial charge in [0.1, 0.15) is 11.3 Å². The molecule has 1 heterocycles. The van der Waals surface area contributed by atoms with Crippen LogP contribution in [0.3, 0.4) is 0 Å². The molecule has 2 aromatic rings. The van der Waals surface area contributed by atoms with Crippen molar-refractivity contribution < 1.29 is 9.21 Å². The first-order valence-corrected chi connectivity index (χ1v) is 7.18. The Labute approximate surface area is 118 Å². The lowest BCUT2D eigenvalue weighted by Crippen LogP contribution is -2.43. The molecule has 2 atom stereocenters. The Kier molecular flexibility index (Phi) is 3.49. The van der Waals surface area contributed by atoms with Gasteiger partial charge in [0.05, 0.1) is 5.92 Å². The van der Waals surface area contributed by atoms with Gasteiger partial charge in [-0.25, -0.2) is 0 Å². The standard InChI is InChI=1S/C16H20N2O2/c1-10(16(19)18-13(9-17)11-6-7-11)15-8-12-4-2-3-5-14(12)20-15/h2-5,8,10-11,13H,6-7,9,17H2,1H3,(H,18,19). The van der Waals surface area contributed by atoms with Crippen LogP contribution in [0, 0.1) is 5.92 Å². The molecular formula is C16H20N2O2. The van der Waals surface area contributed by atoms with E-state index in [0.29, 0.717) is 18.2 Å². The summed E-state index contributed by atoms with van der Waals surface area (Å²) in [4.78, 5) is 12.3. The Morgan fingerprint density at radius 2 is 2.20 bits per heavy atom. The zero-order valence-electron chi connectivity index (χ0n) is 11.6. The largest absolute Gasteiger partial charge is 0.460 e. The highest BCUT2D eigenvalue weighted by atomic mass is 16.3. The number of fused-ring (bicyclic) bond motifs is 1. The number of nitrogens with one attached hydrogen (secondary N) is 1. The summed E-state index contributed by atoms with van der Waals surface area (Å²) in [6.45, 7) is 2.37. The van der Waals surface area contributed by atoms with Gasteiger partial charge >= 0.3 is 0 Å². The van der Waals surface area contributed by atoms with Gasteiger partial charge in [0.15, 0.2) is 0 Å². The van der Waals surface area contributed by atoms with Crippen LogP contribution in [0.5, 0.6) is 0 Å². The minimum absolute atomic E-state index is 0.00796. The number of amides is 1. The smallest absolute Gasteiger partial charge is 0.230 e. The van der Waals surface area contributed by atoms with Crippen molar-refractivity contribution in [1.82, 2.24) is 5.32 Å². The Morgan fingerprint density at radius 3 is 2.85 bits per heavy atom. The lowest BCUT2D eigenvalue weighted by molar-refractivity contribution is -0.123. The van der Waals surface area contributed by atoms with E-state index in [9.17, 15) is 4.79 Å². The average Bonchev–Trinajstić information content (AvgIpc) is 3.21. The molecule has 20 heavy (non-hydrogen) atoms. The molecule has 2 unspecified atom stereocenters. The summed E-state index contributed by atoms with van der Waals surface area (Å²) < 4.78 is 5.75. The molecule has 1 saturated carbocycles. The molecule has 0 radical (unpaired) electrons. The normalized spacial score (nSPS) is 17.9. The number of carbonyl (C=O) groups excluding carboxylic acids is 1. The van der Waals surface area contributed by atoms with Crippen LogP contribution >= 0.6 is 0 Å². The Bertz CT molecular complexity index is 583. The molecule has 1 amide bonds. The van der Waals surface area contributed by atoms with E-state index in [0.717, 1.165) is 11.0 Å². The number of rotatable bonds is 5. The van der Waals surface area contributed by atoms with Crippen LogP contribution in [0.2, 0.25) is 0 Å². The quantitative estimate of drug-likeness (QED) is 0.878. The minimum Gasteiger partial charge on any atom is -0.460 e. The van der Waals surface area contributed by atoms with Gasteiger partial charge in [-0.05, 0) is 37.8 Å². The van der Waals surface area contributed by atoms with Crippen molar-refractivity contribution in [2.24, 2.45) is 11.7 Å². The molecule has 1 fully saturated rings. The molecule has 4 heteroatoms. The first kappa shape index (κ1) is 13.2. The molecule has 1 aliphatic rings. The van der Waals surface area contributed by atoms with Gasteiger partial charge in [0.2, 0.25) is 5.91 Å². The second-order valence-electron chi connectivity index (χ2n) is 5.60. The van der Waals surface area contributed by atoms with E-state index >= 15 is 0 Å². The SMILES string of the molecule is CC(C(=O)NC(CN)C1CC1)c1cc2ccccc2o1. The molecule has 1 aromatic carbocycles. The topological polar surface area (TPSA) is 68.3 Å². The van der Waals surface area contributed by atoms with Crippen molar-refractivity contribution >= 4 is 16.9 Å². The third-order valence-corrected chi connectivity index (χ3v) is 4.04. The van der Waals surface area contributed by atoms with E-state index in [1.54, 1.807) is 0 Å². The Balaban J connectivity index is 1.73. The monoisotopic (exact) mass is 272 g/mol. The maximum absolute atomic E-state index is 12.3. The fraction of sp³-hybridized carbons (Fsp3) is 0.438. The number of hydrogen-bond donors (Lipinski definition) is 2. The average molecular weight is 272 g/mol. The van der Waals surface area contributed by atoms with E-state index in [2.05, 4.69) is 5.32 Å². The lowest BCUT2D eigenvalue weighted by atomic mass is 10.1. The van der Waals surface area contributed by atoms with Gasteiger partial charge in [0.25, 0.3) is 0 Å². The Morgan fingerprint density at radius 1 is 1.45 bits per heavy atom. The van der Waals surface area contributed by atoms with Crippen LogP contribution < -0.4 is 11.1 Å². The number of hydrogen-bond acceptors (Lipinski definition) is 3. The molecule has 0 bridgehead atoms. The summed E-state index contributed by atoms with van der Waals surface area (Å²) in [6, 6.07) is 9.83. The van der Waals surface area contributed by atoms with Crippen molar-refractivity contribution in [2.45, 2.75) is 31.7 Å². The zero-order chi connectivity index (χ0) is 14.1. The highest BCUT2D eigenvalue weighted by molar-refractivity contribution is 5.85. The molecule has 3 N–H and O–H groups in total. The Hall–Kier alpha value is -1.81. The summed E-state index contributed by atoms with van der Waals surface area (Å²) in [7, 11) is 0. The van der Waals surface area contributed by atoms with Crippen molar-refractivity contribution in [3.8, 4) is 0 Å². The van der Waals surface area contributed by atoms with Gasteiger partial charge in [0, 0.05) is 18.0 Å². The maximum atomic E-state index is 12.3. The molecule has 106 valence electrons. The molecule has 0 spiro atoms. The number of nitrogens with two attached hydrogens (primary N) is 1. The fourth-order valence-electron chi connectivity index (χ4n) is 2.52. The van der Waals surface area contributed by atoms with E-state index in [4.69, 9.17) is 10.2 Å².